The van der Waals surface area contributed by atoms with Gasteiger partial charge in [-0.05, 0) is 0 Å². The maximum absolute atomic E-state index is 10.4. The fourth-order valence-corrected chi connectivity index (χ4v) is 1.07. The molecule has 0 aliphatic rings. The molecule has 0 saturated heterocycles. The number of aliphatic carboxylic acids is 1. The molecule has 0 fully saturated rings. The second-order valence-corrected chi connectivity index (χ2v) is 3.01. The number of hydrogen-bond acceptors (Lipinski definition) is 3. The molecule has 14 heavy (non-hydrogen) atoms. The summed E-state index contributed by atoms with van der Waals surface area (Å²) in [6, 6.07) is 5.78. The van der Waals surface area contributed by atoms with E-state index in [4.69, 9.17) is 10.8 Å². The van der Waals surface area contributed by atoms with E-state index in [9.17, 15) is 9.50 Å². The van der Waals surface area contributed by atoms with E-state index in [0.29, 0.717) is 5.46 Å². The van der Waals surface area contributed by atoms with Crippen LogP contribution in [0, 0.1) is 0 Å². The van der Waals surface area contributed by atoms with E-state index >= 15 is 0 Å². The van der Waals surface area contributed by atoms with Crippen LogP contribution in [0.25, 0.3) is 0 Å². The van der Waals surface area contributed by atoms with Crippen LogP contribution >= 0.6 is 0 Å². The fourth-order valence-electron chi connectivity index (χ4n) is 1.07. The molecule has 0 aromatic heterocycles. The van der Waals surface area contributed by atoms with Gasteiger partial charge in [-0.1, -0.05) is 0 Å². The average Bonchev–Trinajstić information content (AvgIpc) is 2.19. The number of carboxylic acid groups (broad SMARTS) is 1. The molecule has 1 aromatic carbocycles. The third-order valence-electron chi connectivity index (χ3n) is 1.89. The molecule has 0 radical (unpaired) electrons. The number of nitrogens with two attached hydrogens (primary N) is 1. The normalized spacial score (nSPS) is 11.8. The zero-order chi connectivity index (χ0) is 10.6. The first-order valence-electron chi connectivity index (χ1n) is 4.16. The summed E-state index contributed by atoms with van der Waals surface area (Å²) in [4.78, 5) is 10.4. The zero-order valence-corrected chi connectivity index (χ0v) is 7.51. The first-order chi connectivity index (χ1) is 6.63. The van der Waals surface area contributed by atoms with Crippen LogP contribution < -0.4 is 11.2 Å². The Balaban J connectivity index is 2.68. The van der Waals surface area contributed by atoms with Crippen molar-refractivity contribution in [2.24, 2.45) is 5.73 Å². The third-order valence-corrected chi connectivity index (χ3v) is 1.89. The Morgan fingerprint density at radius 3 is 2.43 bits per heavy atom. The Labute approximate surface area is 82.0 Å². The third kappa shape index (κ3) is 2.78. The van der Waals surface area contributed by atoms with Crippen LogP contribution in [0.5, 0.6) is 0 Å². The molecule has 3 N–H and O–H groups in total. The van der Waals surface area contributed by atoms with Crippen molar-refractivity contribution in [3.05, 3.63) is 29.8 Å². The molecular weight excluding hydrogens is 181 g/mol. The molecule has 0 bridgehead atoms. The molecule has 72 valence electrons. The van der Waals surface area contributed by atoms with Gasteiger partial charge >= 0.3 is 81.2 Å². The topological polar surface area (TPSA) is 80.4 Å². The Kier molecular flexibility index (Phi) is 3.53. The van der Waals surface area contributed by atoms with Crippen molar-refractivity contribution < 1.29 is 14.6 Å². The summed E-state index contributed by atoms with van der Waals surface area (Å²) in [5.74, 6) is -1.02. The van der Waals surface area contributed by atoms with Gasteiger partial charge in [0.1, 0.15) is 0 Å². The molecule has 0 heterocycles. The second kappa shape index (κ2) is 4.67. The van der Waals surface area contributed by atoms with Gasteiger partial charge in [0.25, 0.3) is 0 Å². The van der Waals surface area contributed by atoms with Crippen LogP contribution in [0.3, 0.4) is 0 Å². The number of benzene rings is 1. The summed E-state index contributed by atoms with van der Waals surface area (Å²) in [5, 5.41) is 8.56. The van der Waals surface area contributed by atoms with Crippen LogP contribution in [0.15, 0.2) is 24.3 Å². The molecule has 0 saturated carbocycles. The summed E-state index contributed by atoms with van der Waals surface area (Å²) < 4.78 is 10.3. The predicted molar refractivity (Wildman–Crippen MR) is 51.8 cm³/mol. The fraction of sp³-hybridized carbons (Fsp3) is 0.222. The van der Waals surface area contributed by atoms with Crippen molar-refractivity contribution in [2.75, 3.05) is 0 Å². The van der Waals surface area contributed by atoms with Crippen molar-refractivity contribution in [2.45, 2.75) is 12.5 Å². The number of hydrogen-bond donors (Lipinski definition) is 2. The molecule has 0 aliphatic heterocycles. The Morgan fingerprint density at radius 2 is 2.00 bits per heavy atom. The zero-order valence-electron chi connectivity index (χ0n) is 7.51. The summed E-state index contributed by atoms with van der Waals surface area (Å²) in [6.45, 7) is 0. The molecule has 0 spiro atoms. The number of carboxylic acids is 1. The van der Waals surface area contributed by atoms with E-state index in [0.717, 1.165) is 12.7 Å². The van der Waals surface area contributed by atoms with Gasteiger partial charge in [-0.3, -0.25) is 0 Å². The summed E-state index contributed by atoms with van der Waals surface area (Å²) in [7, 11) is 0.737. The van der Waals surface area contributed by atoms with Crippen LogP contribution in [-0.2, 0) is 15.9 Å². The van der Waals surface area contributed by atoms with Crippen molar-refractivity contribution in [3.63, 3.8) is 0 Å². The van der Waals surface area contributed by atoms with E-state index in [2.05, 4.69) is 0 Å². The monoisotopic (exact) mass is 191 g/mol. The standard InChI is InChI=1S/C9H10BNO3/c11-8(9(12)13)5-6-1-3-7(10-14)4-2-6/h1-4,8H,5,11H2,(H,12,13)/t8-/m0/s1. The Hall–Kier alpha value is -1.49. The Morgan fingerprint density at radius 1 is 1.43 bits per heavy atom. The molecule has 5 heteroatoms. The number of rotatable bonds is 4. The van der Waals surface area contributed by atoms with Gasteiger partial charge in [0.15, 0.2) is 0 Å². The molecule has 0 aliphatic carbocycles. The number of carbonyl (C=O) groups is 1. The van der Waals surface area contributed by atoms with E-state index in [1.54, 1.807) is 24.3 Å². The maximum atomic E-state index is 10.4. The molecule has 1 atom stereocenters. The van der Waals surface area contributed by atoms with Gasteiger partial charge in [-0.25, -0.2) is 0 Å². The minimum atomic E-state index is -1.02. The summed E-state index contributed by atoms with van der Waals surface area (Å²) in [6.07, 6.45) is 0.272. The van der Waals surface area contributed by atoms with Gasteiger partial charge in [0.2, 0.25) is 0 Å². The first kappa shape index (κ1) is 10.6. The van der Waals surface area contributed by atoms with E-state index in [-0.39, 0.29) is 6.42 Å². The summed E-state index contributed by atoms with van der Waals surface area (Å²) in [5.41, 5.74) is 6.73. The van der Waals surface area contributed by atoms with Gasteiger partial charge in [-0.15, -0.1) is 0 Å². The van der Waals surface area contributed by atoms with E-state index in [1.165, 1.54) is 0 Å². The van der Waals surface area contributed by atoms with Crippen molar-refractivity contribution in [1.29, 1.82) is 0 Å². The molecule has 0 amide bonds. The first-order valence-corrected chi connectivity index (χ1v) is 4.16. The van der Waals surface area contributed by atoms with Crippen LogP contribution in [0.1, 0.15) is 5.56 Å². The molecular formula is C9H10BNO3. The molecule has 0 unspecified atom stereocenters. The van der Waals surface area contributed by atoms with Crippen LogP contribution in [0.4, 0.5) is 0 Å². The van der Waals surface area contributed by atoms with Crippen LogP contribution in [-0.4, -0.2) is 24.3 Å². The van der Waals surface area contributed by atoms with Gasteiger partial charge in [0.05, 0.1) is 0 Å². The Bertz CT molecular complexity index is 336. The SMILES string of the molecule is N[C@@H](Cc1ccc(B=O)cc1)C(=O)O. The predicted octanol–water partition coefficient (Wildman–Crippen LogP) is -0.684. The molecule has 1 rings (SSSR count). The van der Waals surface area contributed by atoms with E-state index < -0.39 is 12.0 Å². The van der Waals surface area contributed by atoms with Crippen molar-refractivity contribution in [3.8, 4) is 0 Å². The molecule has 4 nitrogen and oxygen atoms in total. The average molecular weight is 191 g/mol. The van der Waals surface area contributed by atoms with Crippen molar-refractivity contribution >= 4 is 18.6 Å². The van der Waals surface area contributed by atoms with Gasteiger partial charge in [0, 0.05) is 0 Å². The van der Waals surface area contributed by atoms with Crippen molar-refractivity contribution in [1.82, 2.24) is 0 Å². The summed E-state index contributed by atoms with van der Waals surface area (Å²) >= 11 is 0. The van der Waals surface area contributed by atoms with Gasteiger partial charge in [-0.2, -0.15) is 0 Å². The van der Waals surface area contributed by atoms with Crippen LogP contribution in [0.2, 0.25) is 0 Å². The minimum absolute atomic E-state index is 0.272. The molecule has 1 aromatic rings. The van der Waals surface area contributed by atoms with E-state index in [1.807, 2.05) is 0 Å². The second-order valence-electron chi connectivity index (χ2n) is 3.01. The van der Waals surface area contributed by atoms with Gasteiger partial charge < -0.3 is 0 Å². The quantitative estimate of drug-likeness (QED) is 0.617.